The quantitative estimate of drug-likeness (QED) is 0.857. The number of aliphatic carboxylic acids is 1. The Morgan fingerprint density at radius 2 is 2.00 bits per heavy atom. The van der Waals surface area contributed by atoms with Crippen LogP contribution in [0.4, 0.5) is 8.78 Å². The summed E-state index contributed by atoms with van der Waals surface area (Å²) in [6.07, 6.45) is 1.26. The maximum atomic E-state index is 13.1. The molecular weight excluding hydrogens is 264 g/mol. The number of nitrogens with zero attached hydrogens (tertiary/aromatic N) is 3. The standard InChI is InChI=1S/C10H7F2N3O2S/c11-6-1-7(12)3-8(2-6)15-5-13-14-10(15)18-4-9(16)17/h1-3,5H,4H2,(H,16,17). The number of aromatic nitrogens is 3. The molecule has 1 aromatic carbocycles. The minimum atomic E-state index is -1.01. The molecule has 0 aliphatic rings. The van der Waals surface area contributed by atoms with Gasteiger partial charge in [-0.15, -0.1) is 10.2 Å². The molecule has 0 spiro atoms. The van der Waals surface area contributed by atoms with E-state index < -0.39 is 17.6 Å². The van der Waals surface area contributed by atoms with Crippen molar-refractivity contribution in [2.75, 3.05) is 5.75 Å². The highest BCUT2D eigenvalue weighted by molar-refractivity contribution is 7.99. The van der Waals surface area contributed by atoms with Gasteiger partial charge in [-0.2, -0.15) is 0 Å². The first-order valence-corrected chi connectivity index (χ1v) is 5.76. The van der Waals surface area contributed by atoms with Crippen molar-refractivity contribution in [3.8, 4) is 5.69 Å². The van der Waals surface area contributed by atoms with Crippen molar-refractivity contribution in [2.45, 2.75) is 5.16 Å². The number of thioether (sulfide) groups is 1. The Bertz CT molecular complexity index is 568. The molecule has 0 saturated carbocycles. The third-order valence-electron chi connectivity index (χ3n) is 1.97. The van der Waals surface area contributed by atoms with Crippen LogP contribution in [0.1, 0.15) is 0 Å². The first-order valence-electron chi connectivity index (χ1n) is 4.77. The number of benzene rings is 1. The topological polar surface area (TPSA) is 68.0 Å². The third-order valence-corrected chi connectivity index (χ3v) is 2.89. The molecule has 1 aromatic heterocycles. The average molecular weight is 271 g/mol. The lowest BCUT2D eigenvalue weighted by molar-refractivity contribution is -0.133. The van der Waals surface area contributed by atoms with Crippen LogP contribution in [-0.2, 0) is 4.79 Å². The van der Waals surface area contributed by atoms with Crippen LogP contribution in [0, 0.1) is 11.6 Å². The highest BCUT2D eigenvalue weighted by Gasteiger charge is 2.11. The molecule has 0 aliphatic heterocycles. The Labute approximate surface area is 104 Å². The summed E-state index contributed by atoms with van der Waals surface area (Å²) in [5.74, 6) is -2.68. The van der Waals surface area contributed by atoms with E-state index in [0.29, 0.717) is 0 Å². The maximum Gasteiger partial charge on any atom is 0.313 e. The molecule has 2 rings (SSSR count). The predicted octanol–water partition coefficient (Wildman–Crippen LogP) is 1.72. The fourth-order valence-corrected chi connectivity index (χ4v) is 1.95. The molecule has 0 unspecified atom stereocenters. The summed E-state index contributed by atoms with van der Waals surface area (Å²) in [4.78, 5) is 10.5. The molecule has 0 aliphatic carbocycles. The Morgan fingerprint density at radius 3 is 2.61 bits per heavy atom. The van der Waals surface area contributed by atoms with E-state index in [1.54, 1.807) is 0 Å². The van der Waals surface area contributed by atoms with E-state index in [1.807, 2.05) is 0 Å². The summed E-state index contributed by atoms with van der Waals surface area (Å²) < 4.78 is 27.5. The van der Waals surface area contributed by atoms with Gasteiger partial charge < -0.3 is 5.11 Å². The van der Waals surface area contributed by atoms with Crippen LogP contribution in [0.3, 0.4) is 0 Å². The van der Waals surface area contributed by atoms with Gasteiger partial charge in [-0.3, -0.25) is 9.36 Å². The Hall–Kier alpha value is -1.96. The number of carboxylic acid groups (broad SMARTS) is 1. The van der Waals surface area contributed by atoms with Gasteiger partial charge in [0.25, 0.3) is 0 Å². The van der Waals surface area contributed by atoms with E-state index in [0.717, 1.165) is 30.0 Å². The van der Waals surface area contributed by atoms with Crippen molar-refractivity contribution in [2.24, 2.45) is 0 Å². The maximum absolute atomic E-state index is 13.1. The normalized spacial score (nSPS) is 10.6. The second-order valence-electron chi connectivity index (χ2n) is 3.29. The van der Waals surface area contributed by atoms with Crippen LogP contribution in [0.5, 0.6) is 0 Å². The van der Waals surface area contributed by atoms with E-state index in [4.69, 9.17) is 5.11 Å². The lowest BCUT2D eigenvalue weighted by atomic mass is 10.3. The molecule has 0 radical (unpaired) electrons. The van der Waals surface area contributed by atoms with Crippen molar-refractivity contribution < 1.29 is 18.7 Å². The first kappa shape index (κ1) is 12.5. The van der Waals surface area contributed by atoms with E-state index >= 15 is 0 Å². The molecule has 2 aromatic rings. The predicted molar refractivity (Wildman–Crippen MR) is 59.6 cm³/mol. The molecule has 0 bridgehead atoms. The summed E-state index contributed by atoms with van der Waals surface area (Å²) >= 11 is 0.913. The number of hydrogen-bond acceptors (Lipinski definition) is 4. The number of hydrogen-bond donors (Lipinski definition) is 1. The Balaban J connectivity index is 2.33. The monoisotopic (exact) mass is 271 g/mol. The van der Waals surface area contributed by atoms with E-state index in [9.17, 15) is 13.6 Å². The molecule has 0 fully saturated rings. The highest BCUT2D eigenvalue weighted by Crippen LogP contribution is 2.20. The molecule has 94 valence electrons. The molecule has 18 heavy (non-hydrogen) atoms. The zero-order valence-corrected chi connectivity index (χ0v) is 9.69. The third kappa shape index (κ3) is 2.83. The summed E-state index contributed by atoms with van der Waals surface area (Å²) in [5, 5.41) is 16.1. The van der Waals surface area contributed by atoms with Crippen molar-refractivity contribution in [1.29, 1.82) is 0 Å². The second-order valence-corrected chi connectivity index (χ2v) is 4.24. The van der Waals surface area contributed by atoms with Gasteiger partial charge in [-0.05, 0) is 12.1 Å². The Morgan fingerprint density at radius 1 is 1.33 bits per heavy atom. The molecule has 0 atom stereocenters. The van der Waals surface area contributed by atoms with E-state index in [-0.39, 0.29) is 16.6 Å². The van der Waals surface area contributed by atoms with Gasteiger partial charge in [0, 0.05) is 6.07 Å². The number of carboxylic acids is 1. The minimum absolute atomic E-state index is 0.199. The van der Waals surface area contributed by atoms with Gasteiger partial charge in [0.15, 0.2) is 5.16 Å². The van der Waals surface area contributed by atoms with Crippen LogP contribution >= 0.6 is 11.8 Å². The molecule has 1 heterocycles. The van der Waals surface area contributed by atoms with E-state index in [1.165, 1.54) is 10.9 Å². The molecule has 5 nitrogen and oxygen atoms in total. The second kappa shape index (κ2) is 5.13. The summed E-state index contributed by atoms with van der Waals surface area (Å²) in [6, 6.07) is 2.96. The first-order chi connectivity index (χ1) is 8.56. The lowest BCUT2D eigenvalue weighted by Crippen LogP contribution is -2.02. The van der Waals surface area contributed by atoms with Crippen LogP contribution in [-0.4, -0.2) is 31.6 Å². The SMILES string of the molecule is O=C(O)CSc1nncn1-c1cc(F)cc(F)c1. The van der Waals surface area contributed by atoms with Gasteiger partial charge in [0.1, 0.15) is 18.0 Å². The van der Waals surface area contributed by atoms with Gasteiger partial charge in [-0.25, -0.2) is 8.78 Å². The smallest absolute Gasteiger partial charge is 0.313 e. The van der Waals surface area contributed by atoms with E-state index in [2.05, 4.69) is 10.2 Å². The summed E-state index contributed by atoms with van der Waals surface area (Å²) in [6.45, 7) is 0. The van der Waals surface area contributed by atoms with Gasteiger partial charge in [0.05, 0.1) is 11.4 Å². The highest BCUT2D eigenvalue weighted by atomic mass is 32.2. The van der Waals surface area contributed by atoms with Crippen LogP contribution in [0.2, 0.25) is 0 Å². The van der Waals surface area contributed by atoms with Crippen molar-refractivity contribution in [3.63, 3.8) is 0 Å². The summed E-state index contributed by atoms with van der Waals surface area (Å²) in [7, 11) is 0. The fraction of sp³-hybridized carbons (Fsp3) is 0.100. The largest absolute Gasteiger partial charge is 0.481 e. The van der Waals surface area contributed by atoms with Gasteiger partial charge in [-0.1, -0.05) is 11.8 Å². The zero-order valence-electron chi connectivity index (χ0n) is 8.88. The summed E-state index contributed by atoms with van der Waals surface area (Å²) in [5.41, 5.74) is 0.199. The lowest BCUT2D eigenvalue weighted by Gasteiger charge is -2.05. The molecular formula is C10H7F2N3O2S. The molecule has 8 heteroatoms. The number of halogens is 2. The zero-order chi connectivity index (χ0) is 13.1. The molecule has 1 N–H and O–H groups in total. The average Bonchev–Trinajstić information content (AvgIpc) is 2.72. The van der Waals surface area contributed by atoms with Crippen molar-refractivity contribution >= 4 is 17.7 Å². The van der Waals surface area contributed by atoms with Crippen LogP contribution < -0.4 is 0 Å². The van der Waals surface area contributed by atoms with Gasteiger partial charge in [0.2, 0.25) is 0 Å². The fourth-order valence-electron chi connectivity index (χ4n) is 1.30. The van der Waals surface area contributed by atoms with Crippen LogP contribution in [0.15, 0.2) is 29.7 Å². The van der Waals surface area contributed by atoms with Crippen molar-refractivity contribution in [1.82, 2.24) is 14.8 Å². The molecule has 0 saturated heterocycles. The molecule has 0 amide bonds. The van der Waals surface area contributed by atoms with Gasteiger partial charge >= 0.3 is 5.97 Å². The number of rotatable bonds is 4. The van der Waals surface area contributed by atoms with Crippen molar-refractivity contribution in [3.05, 3.63) is 36.2 Å². The Kier molecular flexibility index (Phi) is 3.56. The van der Waals surface area contributed by atoms with Crippen LogP contribution in [0.25, 0.3) is 5.69 Å². The minimum Gasteiger partial charge on any atom is -0.481 e. The number of carbonyl (C=O) groups is 1.